The Balaban J connectivity index is 2.79. The summed E-state index contributed by atoms with van der Waals surface area (Å²) in [4.78, 5) is 0.210. The van der Waals surface area contributed by atoms with Crippen LogP contribution in [-0.4, -0.2) is 26.7 Å². The van der Waals surface area contributed by atoms with Gasteiger partial charge in [-0.2, -0.15) is 0 Å². The van der Waals surface area contributed by atoms with Gasteiger partial charge in [0.25, 0.3) is 0 Å². The molecule has 0 unspecified atom stereocenters. The van der Waals surface area contributed by atoms with Gasteiger partial charge in [0, 0.05) is 18.8 Å². The zero-order valence-electron chi connectivity index (χ0n) is 9.81. The molecule has 0 aromatic heterocycles. The van der Waals surface area contributed by atoms with Crippen molar-refractivity contribution in [2.24, 2.45) is 0 Å². The number of rotatable bonds is 6. The molecule has 1 aromatic carbocycles. The highest BCUT2D eigenvalue weighted by Gasteiger charge is 2.16. The Morgan fingerprint density at radius 2 is 2.06 bits per heavy atom. The van der Waals surface area contributed by atoms with Gasteiger partial charge in [-0.05, 0) is 37.5 Å². The minimum Gasteiger partial charge on any atom is -0.399 e. The van der Waals surface area contributed by atoms with Gasteiger partial charge in [0.1, 0.15) is 0 Å². The van der Waals surface area contributed by atoms with E-state index in [0.717, 1.165) is 0 Å². The van der Waals surface area contributed by atoms with Gasteiger partial charge < -0.3 is 10.8 Å². The molecule has 1 rings (SSSR count). The normalized spacial score (nSPS) is 11.6. The Hall–Kier alpha value is -1.11. The summed E-state index contributed by atoms with van der Waals surface area (Å²) in [7, 11) is -3.51. The van der Waals surface area contributed by atoms with Crippen molar-refractivity contribution in [2.75, 3.05) is 18.9 Å². The van der Waals surface area contributed by atoms with Crippen LogP contribution in [0.25, 0.3) is 0 Å². The van der Waals surface area contributed by atoms with Crippen LogP contribution in [0.15, 0.2) is 23.1 Å². The number of unbranched alkanes of at least 4 members (excludes halogenated alkanes) is 1. The maximum Gasteiger partial charge on any atom is 0.240 e. The molecule has 0 aliphatic heterocycles. The largest absolute Gasteiger partial charge is 0.399 e. The van der Waals surface area contributed by atoms with E-state index in [9.17, 15) is 8.42 Å². The number of aliphatic hydroxyl groups excluding tert-OH is 1. The number of sulfonamides is 1. The first-order chi connectivity index (χ1) is 7.97. The second kappa shape index (κ2) is 6.00. The SMILES string of the molecule is Cc1ccc(N)cc1S(=O)(=O)NCCCCO. The Labute approximate surface area is 102 Å². The second-order valence-electron chi connectivity index (χ2n) is 3.85. The Bertz CT molecular complexity index is 472. The fourth-order valence-electron chi connectivity index (χ4n) is 1.43. The Kier molecular flexibility index (Phi) is 4.92. The second-order valence-corrected chi connectivity index (χ2v) is 5.59. The minimum absolute atomic E-state index is 0.0685. The summed E-state index contributed by atoms with van der Waals surface area (Å²) in [6, 6.07) is 4.79. The first kappa shape index (κ1) is 14.0. The maximum absolute atomic E-state index is 11.9. The lowest BCUT2D eigenvalue weighted by Crippen LogP contribution is -2.25. The number of benzene rings is 1. The Morgan fingerprint density at radius 3 is 2.71 bits per heavy atom. The number of nitrogen functional groups attached to an aromatic ring is 1. The van der Waals surface area contributed by atoms with E-state index in [0.29, 0.717) is 30.6 Å². The van der Waals surface area contributed by atoms with Crippen molar-refractivity contribution in [3.05, 3.63) is 23.8 Å². The third kappa shape index (κ3) is 3.99. The predicted octanol–water partition coefficient (Wildman–Crippen LogP) is 0.628. The van der Waals surface area contributed by atoms with Gasteiger partial charge >= 0.3 is 0 Å². The fraction of sp³-hybridized carbons (Fsp3) is 0.455. The van der Waals surface area contributed by atoms with Gasteiger partial charge in [-0.1, -0.05) is 6.07 Å². The first-order valence-electron chi connectivity index (χ1n) is 5.44. The molecule has 0 saturated heterocycles. The minimum atomic E-state index is -3.51. The molecule has 6 heteroatoms. The summed E-state index contributed by atoms with van der Waals surface area (Å²) in [6.07, 6.45) is 1.19. The number of nitrogens with one attached hydrogen (secondary N) is 1. The fourth-order valence-corrected chi connectivity index (χ4v) is 2.78. The molecule has 0 bridgehead atoms. The van der Waals surface area contributed by atoms with Gasteiger partial charge in [0.2, 0.25) is 10.0 Å². The molecule has 0 saturated carbocycles. The highest BCUT2D eigenvalue weighted by atomic mass is 32.2. The molecule has 0 radical (unpaired) electrons. The van der Waals surface area contributed by atoms with Crippen LogP contribution in [0.5, 0.6) is 0 Å². The molecule has 4 N–H and O–H groups in total. The maximum atomic E-state index is 11.9. The van der Waals surface area contributed by atoms with Crippen LogP contribution < -0.4 is 10.5 Å². The predicted molar refractivity (Wildman–Crippen MR) is 67.1 cm³/mol. The number of hydrogen-bond donors (Lipinski definition) is 3. The summed E-state index contributed by atoms with van der Waals surface area (Å²) in [5, 5.41) is 8.60. The average Bonchev–Trinajstić information content (AvgIpc) is 2.28. The van der Waals surface area contributed by atoms with Crippen molar-refractivity contribution >= 4 is 15.7 Å². The first-order valence-corrected chi connectivity index (χ1v) is 6.92. The van der Waals surface area contributed by atoms with E-state index in [4.69, 9.17) is 10.8 Å². The van der Waals surface area contributed by atoms with Crippen molar-refractivity contribution in [2.45, 2.75) is 24.7 Å². The molecule has 0 aliphatic rings. The number of nitrogens with two attached hydrogens (primary N) is 1. The third-order valence-electron chi connectivity index (χ3n) is 2.38. The number of aryl methyl sites for hydroxylation is 1. The number of aliphatic hydroxyl groups is 1. The van der Waals surface area contributed by atoms with E-state index in [2.05, 4.69) is 4.72 Å². The van der Waals surface area contributed by atoms with Crippen LogP contribution in [0.3, 0.4) is 0 Å². The number of anilines is 1. The van der Waals surface area contributed by atoms with E-state index in [-0.39, 0.29) is 11.5 Å². The van der Waals surface area contributed by atoms with E-state index in [1.807, 2.05) is 0 Å². The van der Waals surface area contributed by atoms with Crippen LogP contribution in [-0.2, 0) is 10.0 Å². The topological polar surface area (TPSA) is 92.4 Å². The van der Waals surface area contributed by atoms with Gasteiger partial charge in [0.05, 0.1) is 4.90 Å². The summed E-state index contributed by atoms with van der Waals surface area (Å²) < 4.78 is 26.4. The summed E-state index contributed by atoms with van der Waals surface area (Å²) >= 11 is 0. The quantitative estimate of drug-likeness (QED) is 0.515. The van der Waals surface area contributed by atoms with Crippen LogP contribution in [0.2, 0.25) is 0 Å². The summed E-state index contributed by atoms with van der Waals surface area (Å²) in [5.41, 5.74) is 6.66. The highest BCUT2D eigenvalue weighted by molar-refractivity contribution is 7.89. The Morgan fingerprint density at radius 1 is 1.35 bits per heavy atom. The molecule has 0 amide bonds. The zero-order chi connectivity index (χ0) is 12.9. The standard InChI is InChI=1S/C11H18N2O3S/c1-9-4-5-10(12)8-11(9)17(15,16)13-6-2-3-7-14/h4-5,8,13-14H,2-3,6-7,12H2,1H3. The molecule has 0 heterocycles. The van der Waals surface area contributed by atoms with Gasteiger partial charge in [-0.3, -0.25) is 0 Å². The molecular weight excluding hydrogens is 240 g/mol. The molecule has 5 nitrogen and oxygen atoms in total. The molecule has 0 fully saturated rings. The van der Waals surface area contributed by atoms with E-state index < -0.39 is 10.0 Å². The molecule has 1 aromatic rings. The van der Waals surface area contributed by atoms with E-state index >= 15 is 0 Å². The van der Waals surface area contributed by atoms with E-state index in [1.165, 1.54) is 6.07 Å². The lowest BCUT2D eigenvalue weighted by atomic mass is 10.2. The lowest BCUT2D eigenvalue weighted by Gasteiger charge is -2.09. The monoisotopic (exact) mass is 258 g/mol. The van der Waals surface area contributed by atoms with E-state index in [1.54, 1.807) is 19.1 Å². The third-order valence-corrected chi connectivity index (χ3v) is 3.98. The van der Waals surface area contributed by atoms with Crippen LogP contribution in [0.4, 0.5) is 5.69 Å². The zero-order valence-corrected chi connectivity index (χ0v) is 10.6. The molecular formula is C11H18N2O3S. The lowest BCUT2D eigenvalue weighted by molar-refractivity contribution is 0.285. The van der Waals surface area contributed by atoms with Crippen molar-refractivity contribution < 1.29 is 13.5 Å². The van der Waals surface area contributed by atoms with Gasteiger partial charge in [0.15, 0.2) is 0 Å². The molecule has 0 atom stereocenters. The van der Waals surface area contributed by atoms with Crippen LogP contribution in [0, 0.1) is 6.92 Å². The van der Waals surface area contributed by atoms with Gasteiger partial charge in [-0.25, -0.2) is 13.1 Å². The molecule has 96 valence electrons. The summed E-state index contributed by atoms with van der Waals surface area (Å²) in [5.74, 6) is 0. The highest BCUT2D eigenvalue weighted by Crippen LogP contribution is 2.17. The smallest absolute Gasteiger partial charge is 0.240 e. The van der Waals surface area contributed by atoms with Crippen molar-refractivity contribution in [1.29, 1.82) is 0 Å². The van der Waals surface area contributed by atoms with Crippen molar-refractivity contribution in [1.82, 2.24) is 4.72 Å². The summed E-state index contributed by atoms with van der Waals surface area (Å²) in [6.45, 7) is 2.11. The molecule has 0 aliphatic carbocycles. The van der Waals surface area contributed by atoms with Crippen molar-refractivity contribution in [3.63, 3.8) is 0 Å². The molecule has 0 spiro atoms. The van der Waals surface area contributed by atoms with Crippen molar-refractivity contribution in [3.8, 4) is 0 Å². The average molecular weight is 258 g/mol. The van der Waals surface area contributed by atoms with Gasteiger partial charge in [-0.15, -0.1) is 0 Å². The number of hydrogen-bond acceptors (Lipinski definition) is 4. The van der Waals surface area contributed by atoms with Crippen LogP contribution >= 0.6 is 0 Å². The van der Waals surface area contributed by atoms with Crippen LogP contribution in [0.1, 0.15) is 18.4 Å². The molecule has 17 heavy (non-hydrogen) atoms.